The van der Waals surface area contributed by atoms with Crippen molar-refractivity contribution in [2.24, 2.45) is 11.5 Å². The van der Waals surface area contributed by atoms with Gasteiger partial charge in [0.25, 0.3) is 0 Å². The third-order valence-corrected chi connectivity index (χ3v) is 7.18. The topological polar surface area (TPSA) is 163 Å². The van der Waals surface area contributed by atoms with Crippen LogP contribution in [0.3, 0.4) is 0 Å². The molecule has 0 radical (unpaired) electrons. The first-order chi connectivity index (χ1) is 18.2. The van der Waals surface area contributed by atoms with Crippen LogP contribution in [0.2, 0.25) is 0 Å². The summed E-state index contributed by atoms with van der Waals surface area (Å²) >= 11 is 0. The minimum Gasteiger partial charge on any atom is -0.394 e. The quantitative estimate of drug-likeness (QED) is 0.366. The number of likely N-dealkylation sites (tertiary alicyclic amines) is 1. The number of halogens is 1. The third-order valence-electron chi connectivity index (χ3n) is 7.18. The number of rotatable bonds is 7. The number of aliphatic hydroxyl groups excluding tert-OH is 1. The summed E-state index contributed by atoms with van der Waals surface area (Å²) in [5, 5.41) is 12.0. The predicted octanol–water partition coefficient (Wildman–Crippen LogP) is 0.00570. The summed E-state index contributed by atoms with van der Waals surface area (Å²) in [5.41, 5.74) is 11.9. The molecule has 2 atom stereocenters. The first-order valence-electron chi connectivity index (χ1n) is 13.1. The third kappa shape index (κ3) is 7.76. The van der Waals surface area contributed by atoms with E-state index in [9.17, 15) is 19.5 Å². The van der Waals surface area contributed by atoms with Crippen molar-refractivity contribution in [2.75, 3.05) is 57.7 Å². The maximum Gasteiger partial charge on any atom is 0.354 e. The standard InChI is InChI=1S/C26H38N8O4.ClH/c1-26(28,18-35)23(36)32-13-15-33(16-14-32)24(37)29-22-9-12-34(25(38)30-22)21-6-4-19(5-7-21)8-11-31-10-2-3-20(27)17-31;/h4-7,9,12,20,35H,2-3,8,10-11,13-18,27-28H2,1H3,(H,29,30,37,38);1H/t20-,26?;/m1./s1. The van der Waals surface area contributed by atoms with Gasteiger partial charge in [-0.2, -0.15) is 4.98 Å². The van der Waals surface area contributed by atoms with Crippen LogP contribution in [0.15, 0.2) is 41.3 Å². The van der Waals surface area contributed by atoms with Crippen molar-refractivity contribution in [2.45, 2.75) is 37.8 Å². The van der Waals surface area contributed by atoms with Crippen LogP contribution in [-0.4, -0.2) is 105 Å². The number of benzene rings is 1. The van der Waals surface area contributed by atoms with E-state index in [4.69, 9.17) is 11.5 Å². The summed E-state index contributed by atoms with van der Waals surface area (Å²) in [7, 11) is 0. The number of hydrogen-bond acceptors (Lipinski definition) is 8. The molecule has 3 heterocycles. The minimum absolute atomic E-state index is 0. The van der Waals surface area contributed by atoms with E-state index in [2.05, 4.69) is 15.2 Å². The number of carbonyl (C=O) groups is 2. The van der Waals surface area contributed by atoms with Crippen molar-refractivity contribution < 1.29 is 14.7 Å². The monoisotopic (exact) mass is 562 g/mol. The largest absolute Gasteiger partial charge is 0.394 e. The molecule has 2 aliphatic rings. The van der Waals surface area contributed by atoms with Crippen molar-refractivity contribution in [3.63, 3.8) is 0 Å². The van der Waals surface area contributed by atoms with E-state index in [0.717, 1.165) is 38.9 Å². The average molecular weight is 563 g/mol. The molecule has 0 spiro atoms. The summed E-state index contributed by atoms with van der Waals surface area (Å²) in [5.74, 6) is -0.203. The van der Waals surface area contributed by atoms with Gasteiger partial charge in [0.15, 0.2) is 0 Å². The molecule has 0 bridgehead atoms. The Morgan fingerprint density at radius 3 is 2.38 bits per heavy atom. The van der Waals surface area contributed by atoms with Crippen LogP contribution in [-0.2, 0) is 11.2 Å². The number of carbonyl (C=O) groups excluding carboxylic acids is 2. The van der Waals surface area contributed by atoms with E-state index in [0.29, 0.717) is 31.9 Å². The fraction of sp³-hybridized carbons (Fsp3) is 0.538. The Hall–Kier alpha value is -3.03. The number of hydrogen-bond donors (Lipinski definition) is 4. The lowest BCUT2D eigenvalue weighted by atomic mass is 10.0. The number of urea groups is 1. The lowest BCUT2D eigenvalue weighted by Gasteiger charge is -2.37. The van der Waals surface area contributed by atoms with E-state index in [-0.39, 0.29) is 30.2 Å². The summed E-state index contributed by atoms with van der Waals surface area (Å²) in [4.78, 5) is 47.3. The summed E-state index contributed by atoms with van der Waals surface area (Å²) in [6, 6.07) is 9.25. The van der Waals surface area contributed by atoms with E-state index >= 15 is 0 Å². The first-order valence-corrected chi connectivity index (χ1v) is 13.1. The molecule has 3 amide bonds. The number of nitrogens with one attached hydrogen (secondary N) is 1. The van der Waals surface area contributed by atoms with Gasteiger partial charge in [0.2, 0.25) is 5.91 Å². The predicted molar refractivity (Wildman–Crippen MR) is 151 cm³/mol. The van der Waals surface area contributed by atoms with E-state index < -0.39 is 23.9 Å². The van der Waals surface area contributed by atoms with E-state index in [1.807, 2.05) is 24.3 Å². The molecule has 6 N–H and O–H groups in total. The Morgan fingerprint density at radius 1 is 1.10 bits per heavy atom. The molecule has 12 nitrogen and oxygen atoms in total. The fourth-order valence-electron chi connectivity index (χ4n) is 4.80. The molecule has 214 valence electrons. The van der Waals surface area contributed by atoms with Crippen LogP contribution >= 0.6 is 12.4 Å². The maximum absolute atomic E-state index is 12.7. The van der Waals surface area contributed by atoms with Crippen molar-refractivity contribution in [1.82, 2.24) is 24.3 Å². The molecule has 2 aromatic rings. The molecule has 2 aliphatic heterocycles. The average Bonchev–Trinajstić information content (AvgIpc) is 2.92. The van der Waals surface area contributed by atoms with Crippen molar-refractivity contribution >= 4 is 30.2 Å². The highest BCUT2D eigenvalue weighted by atomic mass is 35.5. The highest BCUT2D eigenvalue weighted by molar-refractivity contribution is 5.89. The Kier molecular flexibility index (Phi) is 10.4. The van der Waals surface area contributed by atoms with E-state index in [1.165, 1.54) is 22.0 Å². The molecular weight excluding hydrogens is 524 g/mol. The van der Waals surface area contributed by atoms with Gasteiger partial charge >= 0.3 is 11.7 Å². The normalized spacial score (nSPS) is 19.6. The van der Waals surface area contributed by atoms with Gasteiger partial charge in [-0.15, -0.1) is 12.4 Å². The molecule has 0 saturated carbocycles. The van der Waals surface area contributed by atoms with Gasteiger partial charge in [0.05, 0.1) is 12.3 Å². The number of piperazine rings is 1. The number of nitrogens with two attached hydrogens (primary N) is 2. The molecular formula is C26H39ClN8O4. The van der Waals surface area contributed by atoms with Crippen LogP contribution in [0.4, 0.5) is 10.6 Å². The molecule has 1 aromatic heterocycles. The number of nitrogens with zero attached hydrogens (tertiary/aromatic N) is 5. The molecule has 0 aliphatic carbocycles. The fourth-order valence-corrected chi connectivity index (χ4v) is 4.80. The second kappa shape index (κ2) is 13.4. The molecule has 2 saturated heterocycles. The zero-order valence-corrected chi connectivity index (χ0v) is 23.1. The number of amides is 3. The Morgan fingerprint density at radius 2 is 1.77 bits per heavy atom. The Bertz CT molecular complexity index is 1180. The second-order valence-corrected chi connectivity index (χ2v) is 10.4. The van der Waals surface area contributed by atoms with Gasteiger partial charge in [0, 0.05) is 51.5 Å². The second-order valence-electron chi connectivity index (χ2n) is 10.4. The lowest BCUT2D eigenvalue weighted by molar-refractivity contribution is -0.139. The summed E-state index contributed by atoms with van der Waals surface area (Å²) in [6.07, 6.45) is 4.74. The minimum atomic E-state index is -1.35. The molecule has 39 heavy (non-hydrogen) atoms. The number of aromatic nitrogens is 2. The summed E-state index contributed by atoms with van der Waals surface area (Å²) < 4.78 is 1.43. The van der Waals surface area contributed by atoms with Crippen LogP contribution < -0.4 is 22.5 Å². The smallest absolute Gasteiger partial charge is 0.354 e. The zero-order valence-electron chi connectivity index (χ0n) is 22.3. The van der Waals surface area contributed by atoms with Crippen LogP contribution in [0.25, 0.3) is 5.69 Å². The van der Waals surface area contributed by atoms with Crippen LogP contribution in [0.1, 0.15) is 25.3 Å². The van der Waals surface area contributed by atoms with Crippen LogP contribution in [0, 0.1) is 0 Å². The first kappa shape index (κ1) is 30.5. The molecule has 4 rings (SSSR count). The number of piperidine rings is 1. The van der Waals surface area contributed by atoms with E-state index in [1.54, 1.807) is 17.2 Å². The van der Waals surface area contributed by atoms with Gasteiger partial charge in [-0.3, -0.25) is 14.7 Å². The van der Waals surface area contributed by atoms with Crippen molar-refractivity contribution in [1.29, 1.82) is 0 Å². The Labute approximate surface area is 234 Å². The SMILES string of the molecule is CC(N)(CO)C(=O)N1CCN(C(=O)Nc2ccn(-c3ccc(CCN4CCC[C@@H](N)C4)cc3)c(=O)n2)CC1.Cl. The molecule has 1 unspecified atom stereocenters. The van der Waals surface area contributed by atoms with Gasteiger partial charge < -0.3 is 31.3 Å². The van der Waals surface area contributed by atoms with Gasteiger partial charge in [-0.05, 0) is 56.5 Å². The summed E-state index contributed by atoms with van der Waals surface area (Å²) in [6.45, 7) is 5.21. The number of anilines is 1. The highest BCUT2D eigenvalue weighted by Gasteiger charge is 2.34. The molecule has 1 aromatic carbocycles. The van der Waals surface area contributed by atoms with Gasteiger partial charge in [-0.1, -0.05) is 12.1 Å². The maximum atomic E-state index is 12.7. The number of aliphatic hydroxyl groups is 1. The van der Waals surface area contributed by atoms with Gasteiger partial charge in [0.1, 0.15) is 11.4 Å². The Balaban J connectivity index is 0.00000420. The lowest BCUT2D eigenvalue weighted by Crippen LogP contribution is -2.60. The van der Waals surface area contributed by atoms with Crippen molar-refractivity contribution in [3.8, 4) is 5.69 Å². The van der Waals surface area contributed by atoms with Crippen LogP contribution in [0.5, 0.6) is 0 Å². The van der Waals surface area contributed by atoms with Gasteiger partial charge in [-0.25, -0.2) is 9.59 Å². The zero-order chi connectivity index (χ0) is 27.3. The molecule has 2 fully saturated rings. The van der Waals surface area contributed by atoms with Crippen molar-refractivity contribution in [3.05, 3.63) is 52.6 Å². The highest BCUT2D eigenvalue weighted by Crippen LogP contribution is 2.14. The molecule has 13 heteroatoms.